The molecule has 1 aliphatic heterocycles. The van der Waals surface area contributed by atoms with E-state index in [-0.39, 0.29) is 11.6 Å². The molecule has 156 valence electrons. The minimum Gasteiger partial charge on any atom is -0.330 e. The van der Waals surface area contributed by atoms with E-state index < -0.39 is 21.9 Å². The van der Waals surface area contributed by atoms with E-state index in [2.05, 4.69) is 12.1 Å². The molecule has 0 aromatic heterocycles. The third kappa shape index (κ3) is 5.33. The molecule has 2 aromatic rings. The second-order valence-electron chi connectivity index (χ2n) is 7.45. The molecule has 2 aromatic carbocycles. The molecule has 29 heavy (non-hydrogen) atoms. The van der Waals surface area contributed by atoms with Crippen LogP contribution in [0.5, 0.6) is 0 Å². The van der Waals surface area contributed by atoms with Crippen LogP contribution in [0, 0.1) is 5.82 Å². The lowest BCUT2D eigenvalue weighted by Crippen LogP contribution is -3.13. The Hall–Kier alpha value is -2.45. The number of hydrogen-bond donors (Lipinski definition) is 1. The molecule has 8 heteroatoms. The predicted molar refractivity (Wildman–Crippen MR) is 111 cm³/mol. The first-order valence-corrected chi connectivity index (χ1v) is 11.5. The van der Waals surface area contributed by atoms with Gasteiger partial charge in [0, 0.05) is 5.56 Å². The topological polar surface area (TPSA) is 62.1 Å². The Morgan fingerprint density at radius 3 is 2.24 bits per heavy atom. The van der Waals surface area contributed by atoms with Gasteiger partial charge < -0.3 is 9.80 Å². The fraction of sp³-hybridized carbons (Fsp3) is 0.381. The third-order valence-corrected chi connectivity index (χ3v) is 6.47. The van der Waals surface area contributed by atoms with Crippen molar-refractivity contribution in [2.45, 2.75) is 19.5 Å². The normalized spacial score (nSPS) is 16.4. The SMILES string of the molecule is C[C@@H](C(=O)N1CC[NH+](Cc2ccccc2)CC1)N(c1ccc(F)cc1)S(C)(=O)=O. The molecule has 6 nitrogen and oxygen atoms in total. The lowest BCUT2D eigenvalue weighted by Gasteiger charge is -2.36. The average molecular weight is 421 g/mol. The highest BCUT2D eigenvalue weighted by molar-refractivity contribution is 7.92. The molecule has 1 N–H and O–H groups in total. The molecule has 1 amide bonds. The van der Waals surface area contributed by atoms with Gasteiger partial charge in [0.25, 0.3) is 0 Å². The van der Waals surface area contributed by atoms with Gasteiger partial charge in [0.05, 0.1) is 38.1 Å². The largest absolute Gasteiger partial charge is 0.330 e. The van der Waals surface area contributed by atoms with Gasteiger partial charge in [0.2, 0.25) is 15.9 Å². The lowest BCUT2D eigenvalue weighted by atomic mass is 10.2. The van der Waals surface area contributed by atoms with Gasteiger partial charge in [-0.25, -0.2) is 12.8 Å². The number of rotatable bonds is 6. The molecule has 1 aliphatic rings. The van der Waals surface area contributed by atoms with Crippen molar-refractivity contribution in [3.8, 4) is 0 Å². The van der Waals surface area contributed by atoms with Crippen LogP contribution in [0.4, 0.5) is 10.1 Å². The average Bonchev–Trinajstić information content (AvgIpc) is 2.69. The van der Waals surface area contributed by atoms with Crippen LogP contribution in [-0.2, 0) is 21.4 Å². The number of nitrogens with one attached hydrogen (secondary N) is 1. The lowest BCUT2D eigenvalue weighted by molar-refractivity contribution is -0.917. The monoisotopic (exact) mass is 420 g/mol. The standard InChI is InChI=1S/C21H26FN3O3S/c1-17(25(29(2,27)28)20-10-8-19(22)9-11-20)21(26)24-14-12-23(13-15-24)16-18-6-4-3-5-7-18/h3-11,17H,12-16H2,1-2H3/p+1/t17-/m0/s1. The van der Waals surface area contributed by atoms with E-state index in [4.69, 9.17) is 0 Å². The smallest absolute Gasteiger partial charge is 0.246 e. The van der Waals surface area contributed by atoms with Crippen LogP contribution in [-0.4, -0.2) is 57.7 Å². The number of sulfonamides is 1. The zero-order valence-electron chi connectivity index (χ0n) is 16.7. The number of hydrogen-bond acceptors (Lipinski definition) is 3. The number of amides is 1. The van der Waals surface area contributed by atoms with Crippen molar-refractivity contribution in [3.63, 3.8) is 0 Å². The quantitative estimate of drug-likeness (QED) is 0.756. The molecule has 1 fully saturated rings. The van der Waals surface area contributed by atoms with Crippen molar-refractivity contribution >= 4 is 21.6 Å². The van der Waals surface area contributed by atoms with Gasteiger partial charge >= 0.3 is 0 Å². The Kier molecular flexibility index (Phi) is 6.54. The maximum absolute atomic E-state index is 13.2. The van der Waals surface area contributed by atoms with Crippen molar-refractivity contribution in [2.24, 2.45) is 0 Å². The van der Waals surface area contributed by atoms with Crippen molar-refractivity contribution in [1.29, 1.82) is 0 Å². The van der Waals surface area contributed by atoms with E-state index in [1.165, 1.54) is 34.7 Å². The van der Waals surface area contributed by atoms with E-state index in [1.807, 2.05) is 18.2 Å². The van der Waals surface area contributed by atoms with Crippen LogP contribution >= 0.6 is 0 Å². The van der Waals surface area contributed by atoms with E-state index in [0.29, 0.717) is 13.1 Å². The highest BCUT2D eigenvalue weighted by Crippen LogP contribution is 2.22. The van der Waals surface area contributed by atoms with Crippen LogP contribution in [0.15, 0.2) is 54.6 Å². The molecular weight excluding hydrogens is 393 g/mol. The number of anilines is 1. The van der Waals surface area contributed by atoms with Crippen molar-refractivity contribution in [2.75, 3.05) is 36.7 Å². The van der Waals surface area contributed by atoms with Crippen LogP contribution < -0.4 is 9.21 Å². The summed E-state index contributed by atoms with van der Waals surface area (Å²) in [5.74, 6) is -0.697. The number of carbonyl (C=O) groups is 1. The first kappa shape index (κ1) is 21.3. The molecule has 1 saturated heterocycles. The van der Waals surface area contributed by atoms with Crippen molar-refractivity contribution in [1.82, 2.24) is 4.90 Å². The predicted octanol–water partition coefficient (Wildman–Crippen LogP) is 0.908. The molecule has 0 bridgehead atoms. The second kappa shape index (κ2) is 8.92. The van der Waals surface area contributed by atoms with Gasteiger partial charge in [-0.05, 0) is 31.2 Å². The van der Waals surface area contributed by atoms with E-state index in [9.17, 15) is 17.6 Å². The van der Waals surface area contributed by atoms with Gasteiger partial charge in [0.15, 0.2) is 0 Å². The number of benzene rings is 2. The minimum absolute atomic E-state index is 0.237. The molecule has 3 rings (SSSR count). The summed E-state index contributed by atoms with van der Waals surface area (Å²) < 4.78 is 39.0. The summed E-state index contributed by atoms with van der Waals surface area (Å²) in [6.07, 6.45) is 1.06. The zero-order chi connectivity index (χ0) is 21.0. The molecular formula is C21H27FN3O3S+. The molecule has 0 radical (unpaired) electrons. The Balaban J connectivity index is 1.66. The second-order valence-corrected chi connectivity index (χ2v) is 9.31. The number of nitrogens with zero attached hydrogens (tertiary/aromatic N) is 2. The summed E-state index contributed by atoms with van der Waals surface area (Å²) in [4.78, 5) is 16.1. The fourth-order valence-corrected chi connectivity index (χ4v) is 4.93. The fourth-order valence-electron chi connectivity index (χ4n) is 3.76. The van der Waals surface area contributed by atoms with Crippen molar-refractivity contribution < 1.29 is 22.5 Å². The molecule has 0 aliphatic carbocycles. The number of halogens is 1. The molecule has 1 atom stereocenters. The van der Waals surface area contributed by atoms with Gasteiger partial charge in [-0.2, -0.15) is 0 Å². The number of carbonyl (C=O) groups excluding carboxylic acids is 1. The van der Waals surface area contributed by atoms with E-state index >= 15 is 0 Å². The molecule has 1 heterocycles. The maximum atomic E-state index is 13.2. The Morgan fingerprint density at radius 1 is 1.10 bits per heavy atom. The first-order valence-electron chi connectivity index (χ1n) is 9.67. The zero-order valence-corrected chi connectivity index (χ0v) is 17.5. The first-order chi connectivity index (χ1) is 13.8. The van der Waals surface area contributed by atoms with Crippen LogP contribution in [0.1, 0.15) is 12.5 Å². The molecule has 0 spiro atoms. The number of quaternary nitrogens is 1. The van der Waals surface area contributed by atoms with Crippen LogP contribution in [0.3, 0.4) is 0 Å². The van der Waals surface area contributed by atoms with E-state index in [1.54, 1.807) is 11.8 Å². The van der Waals surface area contributed by atoms with E-state index in [0.717, 1.165) is 30.2 Å². The minimum atomic E-state index is -3.71. The number of piperazine rings is 1. The summed E-state index contributed by atoms with van der Waals surface area (Å²) >= 11 is 0. The third-order valence-electron chi connectivity index (χ3n) is 5.23. The Morgan fingerprint density at radius 2 is 1.69 bits per heavy atom. The summed E-state index contributed by atoms with van der Waals surface area (Å²) in [6, 6.07) is 14.5. The molecule has 0 unspecified atom stereocenters. The highest BCUT2D eigenvalue weighted by Gasteiger charge is 2.34. The van der Waals surface area contributed by atoms with Gasteiger partial charge in [-0.3, -0.25) is 9.10 Å². The van der Waals surface area contributed by atoms with Gasteiger partial charge in [0.1, 0.15) is 18.4 Å². The maximum Gasteiger partial charge on any atom is 0.246 e. The summed E-state index contributed by atoms with van der Waals surface area (Å²) in [5.41, 5.74) is 1.54. The van der Waals surface area contributed by atoms with Gasteiger partial charge in [-0.1, -0.05) is 30.3 Å². The van der Waals surface area contributed by atoms with Gasteiger partial charge in [-0.15, -0.1) is 0 Å². The molecule has 0 saturated carbocycles. The van der Waals surface area contributed by atoms with Crippen LogP contribution in [0.25, 0.3) is 0 Å². The summed E-state index contributed by atoms with van der Waals surface area (Å²) in [6.45, 7) is 5.25. The van der Waals surface area contributed by atoms with Crippen LogP contribution in [0.2, 0.25) is 0 Å². The summed E-state index contributed by atoms with van der Waals surface area (Å²) in [7, 11) is -3.71. The Labute approximate surface area is 171 Å². The highest BCUT2D eigenvalue weighted by atomic mass is 32.2. The summed E-state index contributed by atoms with van der Waals surface area (Å²) in [5, 5.41) is 0. The Bertz CT molecular complexity index is 927. The van der Waals surface area contributed by atoms with Crippen molar-refractivity contribution in [3.05, 3.63) is 66.0 Å².